The topological polar surface area (TPSA) is 43.0 Å². The predicted molar refractivity (Wildman–Crippen MR) is 88.6 cm³/mol. The fraction of sp³-hybridized carbons (Fsp3) is 0.562. The minimum atomic E-state index is 0.240. The average molecular weight is 354 g/mol. The molecule has 0 fully saturated rings. The van der Waals surface area contributed by atoms with Crippen LogP contribution in [0, 0.1) is 13.8 Å². The zero-order valence-electron chi connectivity index (χ0n) is 13.5. The Morgan fingerprint density at radius 2 is 2.10 bits per heavy atom. The number of hydrogen-bond donors (Lipinski definition) is 1. The number of furan rings is 1. The summed E-state index contributed by atoms with van der Waals surface area (Å²) < 4.78 is 8.81. The van der Waals surface area contributed by atoms with Crippen LogP contribution < -0.4 is 5.32 Å². The lowest BCUT2D eigenvalue weighted by molar-refractivity contribution is 0.480. The standard InChI is InChI=1S/C16H24BrN3O/c1-6-13-16(17)15(20(5)19-13)9-14(18-7-2)12-8-10(3)21-11(12)4/h8,14,18H,6-7,9H2,1-5H3. The molecule has 0 saturated heterocycles. The lowest BCUT2D eigenvalue weighted by atomic mass is 10.0. The van der Waals surface area contributed by atoms with Crippen LogP contribution >= 0.6 is 15.9 Å². The molecular weight excluding hydrogens is 330 g/mol. The van der Waals surface area contributed by atoms with E-state index in [-0.39, 0.29) is 6.04 Å². The molecule has 116 valence electrons. The number of halogens is 1. The van der Waals surface area contributed by atoms with E-state index in [1.807, 2.05) is 25.6 Å². The van der Waals surface area contributed by atoms with Gasteiger partial charge in [-0.3, -0.25) is 4.68 Å². The molecule has 2 rings (SSSR count). The first-order valence-corrected chi connectivity index (χ1v) is 8.27. The number of aromatic nitrogens is 2. The van der Waals surface area contributed by atoms with Crippen molar-refractivity contribution in [2.75, 3.05) is 6.54 Å². The normalized spacial score (nSPS) is 12.9. The van der Waals surface area contributed by atoms with E-state index in [2.05, 4.69) is 46.3 Å². The second-order valence-electron chi connectivity index (χ2n) is 5.37. The van der Waals surface area contributed by atoms with E-state index >= 15 is 0 Å². The van der Waals surface area contributed by atoms with Crippen LogP contribution in [0.4, 0.5) is 0 Å². The summed E-state index contributed by atoms with van der Waals surface area (Å²) in [5, 5.41) is 8.14. The Bertz CT molecular complexity index is 615. The summed E-state index contributed by atoms with van der Waals surface area (Å²) in [5.74, 6) is 1.95. The van der Waals surface area contributed by atoms with Gasteiger partial charge in [-0.05, 0) is 48.8 Å². The van der Waals surface area contributed by atoms with E-state index in [0.717, 1.165) is 41.1 Å². The minimum Gasteiger partial charge on any atom is -0.466 e. The molecule has 21 heavy (non-hydrogen) atoms. The second kappa shape index (κ2) is 6.79. The number of aryl methyl sites for hydroxylation is 4. The van der Waals surface area contributed by atoms with E-state index in [4.69, 9.17) is 4.42 Å². The van der Waals surface area contributed by atoms with Gasteiger partial charge in [0.1, 0.15) is 11.5 Å². The van der Waals surface area contributed by atoms with Gasteiger partial charge in [-0.25, -0.2) is 0 Å². The summed E-state index contributed by atoms with van der Waals surface area (Å²) in [6.45, 7) is 9.20. The molecule has 0 aliphatic rings. The third-order valence-electron chi connectivity index (χ3n) is 3.81. The lowest BCUT2D eigenvalue weighted by Gasteiger charge is -2.18. The quantitative estimate of drug-likeness (QED) is 0.857. The number of nitrogens with one attached hydrogen (secondary N) is 1. The first kappa shape index (κ1) is 16.3. The molecule has 0 aromatic carbocycles. The Kier molecular flexibility index (Phi) is 5.27. The molecule has 0 bridgehead atoms. The van der Waals surface area contributed by atoms with Gasteiger partial charge in [0, 0.05) is 25.1 Å². The second-order valence-corrected chi connectivity index (χ2v) is 6.16. The van der Waals surface area contributed by atoms with Crippen molar-refractivity contribution in [3.05, 3.63) is 39.0 Å². The van der Waals surface area contributed by atoms with Gasteiger partial charge in [0.2, 0.25) is 0 Å². The zero-order chi connectivity index (χ0) is 15.6. The summed E-state index contributed by atoms with van der Waals surface area (Å²) >= 11 is 3.70. The molecule has 1 unspecified atom stereocenters. The van der Waals surface area contributed by atoms with Crippen LogP contribution in [0.3, 0.4) is 0 Å². The number of hydrogen-bond acceptors (Lipinski definition) is 3. The summed E-state index contributed by atoms with van der Waals surface area (Å²) in [6, 6.07) is 2.37. The molecule has 0 aliphatic carbocycles. The summed E-state index contributed by atoms with van der Waals surface area (Å²) in [4.78, 5) is 0. The van der Waals surface area contributed by atoms with Crippen molar-refractivity contribution in [2.24, 2.45) is 7.05 Å². The van der Waals surface area contributed by atoms with Crippen LogP contribution in [0.1, 0.15) is 48.4 Å². The zero-order valence-corrected chi connectivity index (χ0v) is 15.0. The van der Waals surface area contributed by atoms with Crippen molar-refractivity contribution in [3.8, 4) is 0 Å². The van der Waals surface area contributed by atoms with Crippen molar-refractivity contribution >= 4 is 15.9 Å². The van der Waals surface area contributed by atoms with Crippen LogP contribution in [0.2, 0.25) is 0 Å². The molecule has 2 heterocycles. The molecule has 2 aromatic rings. The molecule has 1 atom stereocenters. The maximum Gasteiger partial charge on any atom is 0.105 e. The van der Waals surface area contributed by atoms with Crippen LogP contribution in [0.25, 0.3) is 0 Å². The average Bonchev–Trinajstić information content (AvgIpc) is 2.90. The van der Waals surface area contributed by atoms with E-state index in [0.29, 0.717) is 0 Å². The molecule has 0 spiro atoms. The van der Waals surface area contributed by atoms with Crippen molar-refractivity contribution in [1.82, 2.24) is 15.1 Å². The first-order chi connectivity index (χ1) is 9.97. The molecule has 0 radical (unpaired) electrons. The molecular formula is C16H24BrN3O. The Hall–Kier alpha value is -1.07. The third-order valence-corrected chi connectivity index (χ3v) is 4.72. The smallest absolute Gasteiger partial charge is 0.105 e. The Morgan fingerprint density at radius 3 is 2.57 bits per heavy atom. The molecule has 0 saturated carbocycles. The van der Waals surface area contributed by atoms with Gasteiger partial charge in [0.05, 0.1) is 15.9 Å². The van der Waals surface area contributed by atoms with Crippen LogP contribution in [-0.4, -0.2) is 16.3 Å². The SMILES string of the molecule is CCNC(Cc1c(Br)c(CC)nn1C)c1cc(C)oc1C. The monoisotopic (exact) mass is 353 g/mol. The fourth-order valence-corrected chi connectivity index (χ4v) is 3.55. The highest BCUT2D eigenvalue weighted by atomic mass is 79.9. The Balaban J connectivity index is 2.33. The first-order valence-electron chi connectivity index (χ1n) is 7.48. The highest BCUT2D eigenvalue weighted by Gasteiger charge is 2.21. The van der Waals surface area contributed by atoms with Gasteiger partial charge >= 0.3 is 0 Å². The fourth-order valence-electron chi connectivity index (χ4n) is 2.77. The van der Waals surface area contributed by atoms with E-state index in [1.54, 1.807) is 0 Å². The van der Waals surface area contributed by atoms with Crippen LogP contribution in [-0.2, 0) is 19.9 Å². The van der Waals surface area contributed by atoms with Gasteiger partial charge in [0.15, 0.2) is 0 Å². The Labute approximate surface area is 135 Å². The summed E-state index contributed by atoms with van der Waals surface area (Å²) in [6.07, 6.45) is 1.82. The molecule has 0 aliphatic heterocycles. The van der Waals surface area contributed by atoms with E-state index in [1.165, 1.54) is 11.3 Å². The van der Waals surface area contributed by atoms with Crippen molar-refractivity contribution in [3.63, 3.8) is 0 Å². The van der Waals surface area contributed by atoms with E-state index in [9.17, 15) is 0 Å². The van der Waals surface area contributed by atoms with Crippen LogP contribution in [0.5, 0.6) is 0 Å². The summed E-state index contributed by atoms with van der Waals surface area (Å²) in [5.41, 5.74) is 3.57. The lowest BCUT2D eigenvalue weighted by Crippen LogP contribution is -2.24. The molecule has 5 heteroatoms. The van der Waals surface area contributed by atoms with Gasteiger partial charge in [-0.1, -0.05) is 13.8 Å². The number of nitrogens with zero attached hydrogens (tertiary/aromatic N) is 2. The maximum absolute atomic E-state index is 5.69. The molecule has 1 N–H and O–H groups in total. The molecule has 4 nitrogen and oxygen atoms in total. The highest BCUT2D eigenvalue weighted by Crippen LogP contribution is 2.29. The van der Waals surface area contributed by atoms with Gasteiger partial charge < -0.3 is 9.73 Å². The van der Waals surface area contributed by atoms with Crippen molar-refractivity contribution in [1.29, 1.82) is 0 Å². The molecule has 2 aromatic heterocycles. The van der Waals surface area contributed by atoms with Gasteiger partial charge in [-0.15, -0.1) is 0 Å². The van der Waals surface area contributed by atoms with Crippen LogP contribution in [0.15, 0.2) is 15.0 Å². The highest BCUT2D eigenvalue weighted by molar-refractivity contribution is 9.10. The third kappa shape index (κ3) is 3.40. The van der Waals surface area contributed by atoms with E-state index < -0.39 is 0 Å². The van der Waals surface area contributed by atoms with Crippen molar-refractivity contribution < 1.29 is 4.42 Å². The maximum atomic E-state index is 5.69. The minimum absolute atomic E-state index is 0.240. The van der Waals surface area contributed by atoms with Gasteiger partial charge in [-0.2, -0.15) is 5.10 Å². The van der Waals surface area contributed by atoms with Gasteiger partial charge in [0.25, 0.3) is 0 Å². The van der Waals surface area contributed by atoms with Crippen molar-refractivity contribution in [2.45, 2.75) is 46.6 Å². The molecule has 0 amide bonds. The largest absolute Gasteiger partial charge is 0.466 e. The predicted octanol–water partition coefficient (Wildman–Crippen LogP) is 3.85. The number of rotatable bonds is 6. The summed E-state index contributed by atoms with van der Waals surface area (Å²) in [7, 11) is 2.01. The Morgan fingerprint density at radius 1 is 1.38 bits per heavy atom. The number of likely N-dealkylation sites (N-methyl/N-ethyl adjacent to an activating group) is 1.